The van der Waals surface area contributed by atoms with E-state index in [0.29, 0.717) is 24.2 Å². The topological polar surface area (TPSA) is 98.5 Å². The van der Waals surface area contributed by atoms with E-state index in [2.05, 4.69) is 5.32 Å². The molecule has 2 unspecified atom stereocenters. The molecule has 0 saturated carbocycles. The highest BCUT2D eigenvalue weighted by Gasteiger charge is 2.33. The second-order valence-corrected chi connectivity index (χ2v) is 7.19. The Bertz CT molecular complexity index is 1050. The largest absolute Gasteiger partial charge is 0.423 e. The molecule has 2 amide bonds. The van der Waals surface area contributed by atoms with Gasteiger partial charge >= 0.3 is 5.97 Å². The molecule has 1 heterocycles. The van der Waals surface area contributed by atoms with Crippen LogP contribution in [0.25, 0.3) is 0 Å². The molecule has 0 bridgehead atoms. The molecule has 0 fully saturated rings. The predicted octanol–water partition coefficient (Wildman–Crippen LogP) is 2.43. The molecule has 1 aliphatic heterocycles. The lowest BCUT2D eigenvalue weighted by molar-refractivity contribution is -0.131. The van der Waals surface area contributed by atoms with E-state index in [1.54, 1.807) is 18.2 Å². The first kappa shape index (κ1) is 18.9. The third-order valence-corrected chi connectivity index (χ3v) is 5.41. The lowest BCUT2D eigenvalue weighted by atomic mass is 9.86. The van der Waals surface area contributed by atoms with Crippen LogP contribution in [0.2, 0.25) is 0 Å². The van der Waals surface area contributed by atoms with Gasteiger partial charge in [0.05, 0.1) is 11.5 Å². The van der Waals surface area contributed by atoms with Gasteiger partial charge in [0, 0.05) is 18.5 Å². The first-order chi connectivity index (χ1) is 13.9. The van der Waals surface area contributed by atoms with Crippen LogP contribution in [0.1, 0.15) is 41.4 Å². The summed E-state index contributed by atoms with van der Waals surface area (Å²) >= 11 is 0. The highest BCUT2D eigenvalue weighted by atomic mass is 19.1. The lowest BCUT2D eigenvalue weighted by Crippen LogP contribution is -2.31. The van der Waals surface area contributed by atoms with Crippen LogP contribution in [0.15, 0.2) is 54.2 Å². The Morgan fingerprint density at radius 3 is 2.72 bits per heavy atom. The van der Waals surface area contributed by atoms with Crippen molar-refractivity contribution in [2.45, 2.75) is 31.1 Å². The van der Waals surface area contributed by atoms with Crippen LogP contribution >= 0.6 is 0 Å². The molecule has 0 radical (unpaired) electrons. The Kier molecular flexibility index (Phi) is 4.88. The Morgan fingerprint density at radius 2 is 1.97 bits per heavy atom. The zero-order chi connectivity index (χ0) is 20.5. The molecule has 29 heavy (non-hydrogen) atoms. The predicted molar refractivity (Wildman–Crippen MR) is 102 cm³/mol. The van der Waals surface area contributed by atoms with E-state index in [9.17, 15) is 18.8 Å². The molecule has 2 atom stereocenters. The number of benzene rings is 2. The van der Waals surface area contributed by atoms with Crippen LogP contribution < -0.4 is 15.8 Å². The van der Waals surface area contributed by atoms with E-state index in [1.807, 2.05) is 6.07 Å². The number of hydrogen-bond acceptors (Lipinski definition) is 4. The van der Waals surface area contributed by atoms with Gasteiger partial charge in [0.25, 0.3) is 0 Å². The van der Waals surface area contributed by atoms with Crippen molar-refractivity contribution in [1.29, 1.82) is 0 Å². The van der Waals surface area contributed by atoms with Gasteiger partial charge in [-0.2, -0.15) is 0 Å². The number of nitrogens with one attached hydrogen (secondary N) is 1. The maximum absolute atomic E-state index is 13.7. The minimum atomic E-state index is -0.629. The van der Waals surface area contributed by atoms with Crippen LogP contribution in [-0.4, -0.2) is 17.8 Å². The molecule has 0 saturated heterocycles. The summed E-state index contributed by atoms with van der Waals surface area (Å²) in [7, 11) is 0. The number of hydrogen-bond donors (Lipinski definition) is 2. The van der Waals surface area contributed by atoms with Gasteiger partial charge < -0.3 is 15.8 Å². The number of halogens is 1. The maximum atomic E-state index is 13.7. The number of primary amides is 1. The summed E-state index contributed by atoms with van der Waals surface area (Å²) in [6, 6.07) is 11.0. The normalized spacial score (nSPS) is 20.4. The van der Waals surface area contributed by atoms with Crippen LogP contribution in [-0.2, 0) is 20.8 Å². The summed E-state index contributed by atoms with van der Waals surface area (Å²) < 4.78 is 19.3. The van der Waals surface area contributed by atoms with Gasteiger partial charge in [-0.05, 0) is 47.7 Å². The first-order valence-electron chi connectivity index (χ1n) is 9.32. The average Bonchev–Trinajstić information content (AvgIpc) is 3.13. The third-order valence-electron chi connectivity index (χ3n) is 5.41. The molecule has 4 rings (SSSR count). The molecule has 3 N–H and O–H groups in total. The average molecular weight is 394 g/mol. The summed E-state index contributed by atoms with van der Waals surface area (Å²) in [6.07, 6.45) is 2.49. The number of carbonyl (C=O) groups is 3. The summed E-state index contributed by atoms with van der Waals surface area (Å²) in [4.78, 5) is 36.4. The van der Waals surface area contributed by atoms with Gasteiger partial charge in [-0.25, -0.2) is 9.18 Å². The zero-order valence-electron chi connectivity index (χ0n) is 15.5. The highest BCUT2D eigenvalue weighted by molar-refractivity contribution is 5.96. The second kappa shape index (κ2) is 7.50. The molecule has 0 spiro atoms. The highest BCUT2D eigenvalue weighted by Crippen LogP contribution is 2.39. The van der Waals surface area contributed by atoms with Gasteiger partial charge in [-0.1, -0.05) is 24.3 Å². The van der Waals surface area contributed by atoms with E-state index in [4.69, 9.17) is 10.5 Å². The number of ether oxygens (including phenoxy) is 1. The molecular formula is C22H19FN2O4. The lowest BCUT2D eigenvalue weighted by Gasteiger charge is -2.23. The van der Waals surface area contributed by atoms with E-state index in [0.717, 1.165) is 11.1 Å². The molecule has 7 heteroatoms. The number of rotatable bonds is 4. The number of carbonyl (C=O) groups excluding carboxylic acids is 3. The standard InChI is InChI=1S/C22H19FN2O4/c23-13-4-1-3-12(9-13)17-10-20(26)25-11-18(17)22(28)29-19-6-2-5-14-15(19)7-8-16(14)21(24)27/h1-6,9,11,16-17H,7-8,10H2,(H2,24,27)(H,25,26). The summed E-state index contributed by atoms with van der Waals surface area (Å²) in [5, 5.41) is 2.53. The Morgan fingerprint density at radius 1 is 1.17 bits per heavy atom. The van der Waals surface area contributed by atoms with Gasteiger partial charge in [0.15, 0.2) is 0 Å². The molecule has 6 nitrogen and oxygen atoms in total. The van der Waals surface area contributed by atoms with Gasteiger partial charge in [-0.15, -0.1) is 0 Å². The SMILES string of the molecule is NC(=O)C1CCc2c(OC(=O)C3=CNC(=O)CC3c3cccc(F)c3)cccc21. The molecule has 148 valence electrons. The fourth-order valence-electron chi connectivity index (χ4n) is 4.01. The molecule has 0 aromatic heterocycles. The minimum Gasteiger partial charge on any atom is -0.423 e. The minimum absolute atomic E-state index is 0.0149. The van der Waals surface area contributed by atoms with Crippen molar-refractivity contribution in [2.75, 3.05) is 0 Å². The maximum Gasteiger partial charge on any atom is 0.341 e. The van der Waals surface area contributed by atoms with Crippen molar-refractivity contribution in [2.24, 2.45) is 5.73 Å². The number of fused-ring (bicyclic) bond motifs is 1. The number of amides is 2. The van der Waals surface area contributed by atoms with Gasteiger partial charge in [0.2, 0.25) is 11.8 Å². The Hall–Kier alpha value is -3.48. The van der Waals surface area contributed by atoms with Crippen molar-refractivity contribution in [3.8, 4) is 5.75 Å². The molecule has 1 aliphatic carbocycles. The molecule has 2 aliphatic rings. The second-order valence-electron chi connectivity index (χ2n) is 7.19. The molecule has 2 aromatic rings. The van der Waals surface area contributed by atoms with Crippen LogP contribution in [0.5, 0.6) is 5.75 Å². The van der Waals surface area contributed by atoms with Crippen molar-refractivity contribution in [3.63, 3.8) is 0 Å². The fraction of sp³-hybridized carbons (Fsp3) is 0.227. The van der Waals surface area contributed by atoms with E-state index in [1.165, 1.54) is 24.4 Å². The van der Waals surface area contributed by atoms with E-state index >= 15 is 0 Å². The fourth-order valence-corrected chi connectivity index (χ4v) is 4.01. The first-order valence-corrected chi connectivity index (χ1v) is 9.32. The van der Waals surface area contributed by atoms with Gasteiger partial charge in [0.1, 0.15) is 11.6 Å². The monoisotopic (exact) mass is 394 g/mol. The van der Waals surface area contributed by atoms with Crippen LogP contribution in [0.3, 0.4) is 0 Å². The Labute approximate surface area is 166 Å². The Balaban J connectivity index is 1.63. The van der Waals surface area contributed by atoms with Crippen molar-refractivity contribution in [3.05, 3.63) is 76.7 Å². The summed E-state index contributed by atoms with van der Waals surface area (Å²) in [5.74, 6) is -2.38. The van der Waals surface area contributed by atoms with Gasteiger partial charge in [-0.3, -0.25) is 9.59 Å². The number of esters is 1. The van der Waals surface area contributed by atoms with Crippen molar-refractivity contribution in [1.82, 2.24) is 5.32 Å². The van der Waals surface area contributed by atoms with Crippen LogP contribution in [0, 0.1) is 5.82 Å². The summed E-state index contributed by atoms with van der Waals surface area (Å²) in [5.41, 5.74) is 7.78. The zero-order valence-corrected chi connectivity index (χ0v) is 15.5. The molecular weight excluding hydrogens is 375 g/mol. The van der Waals surface area contributed by atoms with E-state index in [-0.39, 0.29) is 17.9 Å². The van der Waals surface area contributed by atoms with Crippen molar-refractivity contribution < 1.29 is 23.5 Å². The quantitative estimate of drug-likeness (QED) is 0.615. The molecule has 2 aromatic carbocycles. The number of nitrogens with two attached hydrogens (primary N) is 1. The van der Waals surface area contributed by atoms with Crippen LogP contribution in [0.4, 0.5) is 4.39 Å². The van der Waals surface area contributed by atoms with E-state index < -0.39 is 29.5 Å². The summed E-state index contributed by atoms with van der Waals surface area (Å²) in [6.45, 7) is 0. The third kappa shape index (κ3) is 3.63. The smallest absolute Gasteiger partial charge is 0.341 e. The van der Waals surface area contributed by atoms with Crippen molar-refractivity contribution >= 4 is 17.8 Å².